The number of oxime groups is 1. The van der Waals surface area contributed by atoms with E-state index in [1.54, 1.807) is 6.92 Å². The van der Waals surface area contributed by atoms with E-state index in [4.69, 9.17) is 6.57 Å². The van der Waals surface area contributed by atoms with Crippen LogP contribution in [0.3, 0.4) is 0 Å². The first-order chi connectivity index (χ1) is 6.11. The Morgan fingerprint density at radius 2 is 2.15 bits per heavy atom. The Balaban J connectivity index is 4.34. The molecule has 0 N–H and O–H groups in total. The molecule has 0 amide bonds. The summed E-state index contributed by atoms with van der Waals surface area (Å²) in [4.78, 5) is 27.9. The quantitative estimate of drug-likeness (QED) is 0.155. The van der Waals surface area contributed by atoms with Gasteiger partial charge in [0.1, 0.15) is 0 Å². The number of esters is 1. The third kappa shape index (κ3) is 4.53. The maximum atomic E-state index is 10.8. The lowest BCUT2D eigenvalue weighted by atomic mass is 10.6. The largest absolute Gasteiger partial charge is 0.470 e. The van der Waals surface area contributed by atoms with Crippen molar-refractivity contribution in [3.05, 3.63) is 11.4 Å². The minimum absolute atomic E-state index is 0.132. The van der Waals surface area contributed by atoms with Gasteiger partial charge in [-0.15, -0.1) is 0 Å². The van der Waals surface area contributed by atoms with Gasteiger partial charge in [0.05, 0.1) is 11.8 Å². The molecule has 0 aromatic carbocycles. The highest BCUT2D eigenvalue weighted by atomic mass is 16.7. The highest BCUT2D eigenvalue weighted by molar-refractivity contribution is 6.39. The van der Waals surface area contributed by atoms with Gasteiger partial charge in [-0.05, 0) is 6.92 Å². The molecular formula is C7H8N2O4. The molecule has 0 aliphatic rings. The Labute approximate surface area is 74.9 Å². The van der Waals surface area contributed by atoms with Crippen molar-refractivity contribution in [1.82, 2.24) is 0 Å². The lowest BCUT2D eigenvalue weighted by molar-refractivity contribution is -0.141. The lowest BCUT2D eigenvalue weighted by Gasteiger charge is -1.96. The van der Waals surface area contributed by atoms with Crippen molar-refractivity contribution >= 4 is 17.8 Å². The number of carbonyl (C=O) groups is 2. The van der Waals surface area contributed by atoms with Crippen LogP contribution in [0.15, 0.2) is 5.16 Å². The fourth-order valence-corrected chi connectivity index (χ4v) is 0.406. The molecule has 0 unspecified atom stereocenters. The predicted octanol–water partition coefficient (Wildman–Crippen LogP) is 0.345. The van der Waals surface area contributed by atoms with Gasteiger partial charge in [0, 0.05) is 6.92 Å². The molecule has 6 nitrogen and oxygen atoms in total. The van der Waals surface area contributed by atoms with Gasteiger partial charge in [0.15, 0.2) is 0 Å². The molecule has 0 fully saturated rings. The Bertz CT molecular complexity index is 277. The van der Waals surface area contributed by atoms with Crippen LogP contribution < -0.4 is 0 Å². The van der Waals surface area contributed by atoms with E-state index in [9.17, 15) is 9.59 Å². The summed E-state index contributed by atoms with van der Waals surface area (Å²) < 4.78 is 4.45. The molecule has 0 radical (unpaired) electrons. The second-order valence-electron chi connectivity index (χ2n) is 1.83. The first kappa shape index (κ1) is 11.1. The van der Waals surface area contributed by atoms with Crippen LogP contribution >= 0.6 is 0 Å². The van der Waals surface area contributed by atoms with Gasteiger partial charge < -0.3 is 9.58 Å². The van der Waals surface area contributed by atoms with E-state index in [1.807, 2.05) is 0 Å². The average molecular weight is 184 g/mol. The van der Waals surface area contributed by atoms with Gasteiger partial charge in [-0.1, -0.05) is 6.57 Å². The maximum absolute atomic E-state index is 10.8. The van der Waals surface area contributed by atoms with E-state index in [0.29, 0.717) is 0 Å². The molecule has 0 aromatic rings. The van der Waals surface area contributed by atoms with Crippen molar-refractivity contribution < 1.29 is 19.2 Å². The second-order valence-corrected chi connectivity index (χ2v) is 1.83. The van der Waals surface area contributed by atoms with Crippen LogP contribution in [0.2, 0.25) is 0 Å². The van der Waals surface area contributed by atoms with Crippen molar-refractivity contribution in [3.63, 3.8) is 0 Å². The van der Waals surface area contributed by atoms with Crippen LogP contribution in [0.4, 0.5) is 0 Å². The molecule has 0 bridgehead atoms. The maximum Gasteiger partial charge on any atom is 0.399 e. The summed E-state index contributed by atoms with van der Waals surface area (Å²) in [6.07, 6.45) is 0. The van der Waals surface area contributed by atoms with Gasteiger partial charge in [-0.3, -0.25) is 4.79 Å². The number of amidine groups is 1. The first-order valence-electron chi connectivity index (χ1n) is 3.42. The summed E-state index contributed by atoms with van der Waals surface area (Å²) in [6, 6.07) is 0. The fraction of sp³-hybridized carbons (Fsp3) is 0.429. The normalized spacial score (nSPS) is 10.1. The van der Waals surface area contributed by atoms with Crippen LogP contribution in [0.1, 0.15) is 13.8 Å². The minimum Gasteiger partial charge on any atom is -0.470 e. The van der Waals surface area contributed by atoms with E-state index >= 15 is 0 Å². The molecule has 70 valence electrons. The molecular weight excluding hydrogens is 176 g/mol. The molecule has 0 aliphatic carbocycles. The fourth-order valence-electron chi connectivity index (χ4n) is 0.406. The average Bonchev–Trinajstić information content (AvgIpc) is 2.05. The van der Waals surface area contributed by atoms with Crippen LogP contribution in [-0.4, -0.2) is 24.4 Å². The number of ether oxygens (including phenoxy) is 1. The number of nitrogens with zero attached hydrogens (tertiary/aromatic N) is 2. The standard InChI is InChI=1S/C7H8N2O4/c1-4-12-7(11)6(8-3)9-13-5(2)10/h4H2,1-2H3/b9-6-. The van der Waals surface area contributed by atoms with Crippen molar-refractivity contribution in [2.24, 2.45) is 5.16 Å². The lowest BCUT2D eigenvalue weighted by Crippen LogP contribution is -2.14. The zero-order valence-electron chi connectivity index (χ0n) is 7.23. The van der Waals surface area contributed by atoms with Gasteiger partial charge in [-0.2, -0.15) is 0 Å². The number of carbonyl (C=O) groups excluding carboxylic acids is 2. The summed E-state index contributed by atoms with van der Waals surface area (Å²) in [6.45, 7) is 9.34. The van der Waals surface area contributed by atoms with Crippen LogP contribution in [-0.2, 0) is 19.2 Å². The molecule has 0 spiro atoms. The van der Waals surface area contributed by atoms with Gasteiger partial charge in [-0.25, -0.2) is 9.63 Å². The van der Waals surface area contributed by atoms with E-state index in [2.05, 4.69) is 19.6 Å². The number of hydrogen-bond acceptors (Lipinski definition) is 5. The molecule has 0 saturated heterocycles. The smallest absolute Gasteiger partial charge is 0.399 e. The number of hydrogen-bond donors (Lipinski definition) is 0. The van der Waals surface area contributed by atoms with Crippen molar-refractivity contribution in [2.75, 3.05) is 6.61 Å². The van der Waals surface area contributed by atoms with Crippen LogP contribution in [0, 0.1) is 6.57 Å². The van der Waals surface area contributed by atoms with Crippen LogP contribution in [0.5, 0.6) is 0 Å². The Hall–Kier alpha value is -1.90. The summed E-state index contributed by atoms with van der Waals surface area (Å²) in [5.74, 6) is -2.21. The Kier molecular flexibility index (Phi) is 4.88. The minimum atomic E-state index is -0.904. The van der Waals surface area contributed by atoms with E-state index in [0.717, 1.165) is 6.92 Å². The molecule has 0 aromatic heterocycles. The van der Waals surface area contributed by atoms with Crippen molar-refractivity contribution in [3.8, 4) is 0 Å². The van der Waals surface area contributed by atoms with Crippen LogP contribution in [0.25, 0.3) is 4.85 Å². The van der Waals surface area contributed by atoms with Crippen molar-refractivity contribution in [2.45, 2.75) is 13.8 Å². The first-order valence-corrected chi connectivity index (χ1v) is 3.42. The van der Waals surface area contributed by atoms with Crippen molar-refractivity contribution in [1.29, 1.82) is 0 Å². The van der Waals surface area contributed by atoms with Gasteiger partial charge in [0.2, 0.25) is 0 Å². The van der Waals surface area contributed by atoms with Gasteiger partial charge in [0.25, 0.3) is 0 Å². The van der Waals surface area contributed by atoms with E-state index in [1.165, 1.54) is 0 Å². The monoisotopic (exact) mass is 184 g/mol. The zero-order chi connectivity index (χ0) is 10.3. The Morgan fingerprint density at radius 1 is 1.54 bits per heavy atom. The predicted molar refractivity (Wildman–Crippen MR) is 42.4 cm³/mol. The third-order valence-corrected chi connectivity index (χ3v) is 0.825. The zero-order valence-corrected chi connectivity index (χ0v) is 7.23. The molecule has 0 heterocycles. The summed E-state index contributed by atoms with van der Waals surface area (Å²) >= 11 is 0. The third-order valence-electron chi connectivity index (χ3n) is 0.825. The second kappa shape index (κ2) is 5.71. The highest BCUT2D eigenvalue weighted by Gasteiger charge is 2.14. The topological polar surface area (TPSA) is 69.3 Å². The molecule has 0 atom stereocenters. The summed E-state index contributed by atoms with van der Waals surface area (Å²) in [7, 11) is 0. The van der Waals surface area contributed by atoms with E-state index in [-0.39, 0.29) is 6.61 Å². The Morgan fingerprint density at radius 3 is 2.54 bits per heavy atom. The highest BCUT2D eigenvalue weighted by Crippen LogP contribution is 1.89. The molecule has 0 rings (SSSR count). The molecule has 0 aliphatic heterocycles. The van der Waals surface area contributed by atoms with E-state index < -0.39 is 17.8 Å². The van der Waals surface area contributed by atoms with Gasteiger partial charge >= 0.3 is 17.8 Å². The molecule has 0 saturated carbocycles. The summed E-state index contributed by atoms with van der Waals surface area (Å²) in [5.41, 5.74) is 0. The summed E-state index contributed by atoms with van der Waals surface area (Å²) in [5, 5.41) is 3.00. The molecule has 13 heavy (non-hydrogen) atoms. The molecule has 6 heteroatoms. The SMILES string of the molecule is [C-]#[N+]/C(=N\OC(C)=O)C(=O)OCC. The number of rotatable bonds is 2.